The van der Waals surface area contributed by atoms with Crippen LogP contribution in [0.4, 0.5) is 5.69 Å². The molecule has 0 aliphatic carbocycles. The van der Waals surface area contributed by atoms with Gasteiger partial charge in [-0.05, 0) is 30.3 Å². The fourth-order valence-corrected chi connectivity index (χ4v) is 3.34. The Morgan fingerprint density at radius 3 is 2.85 bits per heavy atom. The lowest BCUT2D eigenvalue weighted by Gasteiger charge is -2.21. The normalized spacial score (nSPS) is 16.4. The van der Waals surface area contributed by atoms with Crippen molar-refractivity contribution in [2.45, 2.75) is 32.6 Å². The number of hydrogen-bond acceptors (Lipinski definition) is 5. The van der Waals surface area contributed by atoms with Gasteiger partial charge in [0, 0.05) is 12.5 Å². The Bertz CT molecular complexity index is 472. The molecule has 1 amide bonds. The second kappa shape index (κ2) is 6.92. The fraction of sp³-hybridized carbons (Fsp3) is 0.643. The van der Waals surface area contributed by atoms with E-state index >= 15 is 0 Å². The highest BCUT2D eigenvalue weighted by atomic mass is 32.2. The molecule has 0 bridgehead atoms. The molecule has 0 atom stereocenters. The molecule has 0 spiro atoms. The van der Waals surface area contributed by atoms with Gasteiger partial charge in [0.05, 0.1) is 11.9 Å². The predicted molar refractivity (Wildman–Crippen MR) is 82.9 cm³/mol. The summed E-state index contributed by atoms with van der Waals surface area (Å²) < 4.78 is 0. The van der Waals surface area contributed by atoms with Crippen LogP contribution < -0.4 is 11.1 Å². The maximum Gasteiger partial charge on any atom is 0.272 e. The van der Waals surface area contributed by atoms with Crippen molar-refractivity contribution in [3.63, 3.8) is 0 Å². The first-order valence-corrected chi connectivity index (χ1v) is 8.21. The molecule has 1 aromatic rings. The molecular formula is C14H22N4OS. The standard InChI is InChI=1S/C14H22N4OS/c1-9(2)13-16-8-11(15)12(18-13)14(19)17-7-10-3-5-20-6-4-10/h8-10H,3-7,15H2,1-2H3,(H,17,19). The Morgan fingerprint density at radius 2 is 2.20 bits per heavy atom. The van der Waals surface area contributed by atoms with E-state index in [1.165, 1.54) is 30.5 Å². The number of carbonyl (C=O) groups is 1. The molecule has 1 saturated heterocycles. The van der Waals surface area contributed by atoms with E-state index in [0.29, 0.717) is 29.7 Å². The zero-order valence-electron chi connectivity index (χ0n) is 12.1. The lowest BCUT2D eigenvalue weighted by molar-refractivity contribution is 0.0942. The average molecular weight is 294 g/mol. The van der Waals surface area contributed by atoms with Crippen LogP contribution in [-0.4, -0.2) is 33.9 Å². The number of nitrogens with one attached hydrogen (secondary N) is 1. The highest BCUT2D eigenvalue weighted by Crippen LogP contribution is 2.22. The first-order chi connectivity index (χ1) is 9.58. The monoisotopic (exact) mass is 294 g/mol. The van der Waals surface area contributed by atoms with Crippen LogP contribution in [0.1, 0.15) is 48.9 Å². The first kappa shape index (κ1) is 15.1. The third kappa shape index (κ3) is 3.85. The van der Waals surface area contributed by atoms with Gasteiger partial charge < -0.3 is 11.1 Å². The van der Waals surface area contributed by atoms with E-state index in [4.69, 9.17) is 5.73 Å². The van der Waals surface area contributed by atoms with Gasteiger partial charge in [-0.2, -0.15) is 11.8 Å². The zero-order valence-corrected chi connectivity index (χ0v) is 12.9. The van der Waals surface area contributed by atoms with Gasteiger partial charge in [-0.25, -0.2) is 9.97 Å². The van der Waals surface area contributed by atoms with E-state index in [0.717, 1.165) is 0 Å². The number of thioether (sulfide) groups is 1. The van der Waals surface area contributed by atoms with Crippen molar-refractivity contribution in [2.75, 3.05) is 23.8 Å². The molecule has 0 saturated carbocycles. The number of nitrogen functional groups attached to an aromatic ring is 1. The van der Waals surface area contributed by atoms with E-state index in [1.807, 2.05) is 25.6 Å². The summed E-state index contributed by atoms with van der Waals surface area (Å²) in [5.74, 6) is 3.59. The number of nitrogens with two attached hydrogens (primary N) is 1. The molecule has 1 aromatic heterocycles. The quantitative estimate of drug-likeness (QED) is 0.888. The van der Waals surface area contributed by atoms with Crippen molar-refractivity contribution in [3.8, 4) is 0 Å². The number of nitrogens with zero attached hydrogens (tertiary/aromatic N) is 2. The molecule has 2 heterocycles. The minimum atomic E-state index is -0.190. The Labute approximate surface area is 124 Å². The average Bonchev–Trinajstić information content (AvgIpc) is 2.46. The summed E-state index contributed by atoms with van der Waals surface area (Å²) in [6, 6.07) is 0. The van der Waals surface area contributed by atoms with E-state index in [-0.39, 0.29) is 11.8 Å². The highest BCUT2D eigenvalue weighted by Gasteiger charge is 2.18. The summed E-state index contributed by atoms with van der Waals surface area (Å²) >= 11 is 1.98. The minimum absolute atomic E-state index is 0.178. The Kier molecular flexibility index (Phi) is 5.23. The summed E-state index contributed by atoms with van der Waals surface area (Å²) in [6.45, 7) is 4.69. The molecule has 5 nitrogen and oxygen atoms in total. The fourth-order valence-electron chi connectivity index (χ4n) is 2.14. The molecule has 0 unspecified atom stereocenters. The van der Waals surface area contributed by atoms with Gasteiger partial charge in [-0.3, -0.25) is 4.79 Å². The van der Waals surface area contributed by atoms with Crippen molar-refractivity contribution in [3.05, 3.63) is 17.7 Å². The zero-order chi connectivity index (χ0) is 14.5. The summed E-state index contributed by atoms with van der Waals surface area (Å²) in [7, 11) is 0. The number of anilines is 1. The van der Waals surface area contributed by atoms with Crippen molar-refractivity contribution in [2.24, 2.45) is 5.92 Å². The molecule has 0 radical (unpaired) electrons. The van der Waals surface area contributed by atoms with E-state index < -0.39 is 0 Å². The van der Waals surface area contributed by atoms with Crippen LogP contribution in [-0.2, 0) is 0 Å². The first-order valence-electron chi connectivity index (χ1n) is 7.06. The topological polar surface area (TPSA) is 80.9 Å². The van der Waals surface area contributed by atoms with Crippen LogP contribution in [0.25, 0.3) is 0 Å². The molecule has 20 heavy (non-hydrogen) atoms. The van der Waals surface area contributed by atoms with E-state index in [9.17, 15) is 4.79 Å². The maximum atomic E-state index is 12.2. The Hall–Kier alpha value is -1.30. The molecular weight excluding hydrogens is 272 g/mol. The summed E-state index contributed by atoms with van der Waals surface area (Å²) in [6.07, 6.45) is 3.86. The highest BCUT2D eigenvalue weighted by molar-refractivity contribution is 7.99. The molecule has 1 aliphatic rings. The SMILES string of the molecule is CC(C)c1ncc(N)c(C(=O)NCC2CCSCC2)n1. The van der Waals surface area contributed by atoms with E-state index in [2.05, 4.69) is 15.3 Å². The van der Waals surface area contributed by atoms with Crippen LogP contribution in [0.15, 0.2) is 6.20 Å². The summed E-state index contributed by atoms with van der Waals surface area (Å²) in [5, 5.41) is 2.96. The van der Waals surface area contributed by atoms with Crippen molar-refractivity contribution in [1.29, 1.82) is 0 Å². The van der Waals surface area contributed by atoms with Crippen LogP contribution >= 0.6 is 11.8 Å². The summed E-state index contributed by atoms with van der Waals surface area (Å²) in [5.41, 5.74) is 6.45. The lowest BCUT2D eigenvalue weighted by atomic mass is 10.0. The number of carbonyl (C=O) groups excluding carboxylic acids is 1. The van der Waals surface area contributed by atoms with Crippen LogP contribution in [0.2, 0.25) is 0 Å². The van der Waals surface area contributed by atoms with Gasteiger partial charge in [-0.1, -0.05) is 13.8 Å². The molecule has 2 rings (SSSR count). The molecule has 6 heteroatoms. The van der Waals surface area contributed by atoms with Crippen LogP contribution in [0.5, 0.6) is 0 Å². The third-order valence-electron chi connectivity index (χ3n) is 3.46. The van der Waals surface area contributed by atoms with Gasteiger partial charge in [-0.15, -0.1) is 0 Å². The second-order valence-electron chi connectivity index (χ2n) is 5.45. The van der Waals surface area contributed by atoms with Gasteiger partial charge in [0.25, 0.3) is 5.91 Å². The van der Waals surface area contributed by atoms with Crippen molar-refractivity contribution >= 4 is 23.4 Å². The van der Waals surface area contributed by atoms with Crippen LogP contribution in [0.3, 0.4) is 0 Å². The van der Waals surface area contributed by atoms with E-state index in [1.54, 1.807) is 0 Å². The summed E-state index contributed by atoms with van der Waals surface area (Å²) in [4.78, 5) is 20.6. The van der Waals surface area contributed by atoms with Crippen molar-refractivity contribution < 1.29 is 4.79 Å². The number of rotatable bonds is 4. The van der Waals surface area contributed by atoms with Gasteiger partial charge in [0.2, 0.25) is 0 Å². The predicted octanol–water partition coefficient (Wildman–Crippen LogP) is 2.06. The number of amides is 1. The largest absolute Gasteiger partial charge is 0.396 e. The Balaban J connectivity index is 1.99. The van der Waals surface area contributed by atoms with Gasteiger partial charge in [0.15, 0.2) is 5.69 Å². The Morgan fingerprint density at radius 1 is 1.50 bits per heavy atom. The van der Waals surface area contributed by atoms with Gasteiger partial charge >= 0.3 is 0 Å². The molecule has 1 aliphatic heterocycles. The third-order valence-corrected chi connectivity index (χ3v) is 4.51. The smallest absolute Gasteiger partial charge is 0.272 e. The molecule has 110 valence electrons. The lowest BCUT2D eigenvalue weighted by Crippen LogP contribution is -2.32. The number of hydrogen-bond donors (Lipinski definition) is 2. The van der Waals surface area contributed by atoms with Gasteiger partial charge in [0.1, 0.15) is 5.82 Å². The molecule has 1 fully saturated rings. The van der Waals surface area contributed by atoms with Crippen LogP contribution in [0, 0.1) is 5.92 Å². The minimum Gasteiger partial charge on any atom is -0.396 e. The molecule has 0 aromatic carbocycles. The number of aromatic nitrogens is 2. The second-order valence-corrected chi connectivity index (χ2v) is 6.68. The maximum absolute atomic E-state index is 12.2. The molecule has 3 N–H and O–H groups in total. The van der Waals surface area contributed by atoms with Crippen molar-refractivity contribution in [1.82, 2.24) is 15.3 Å².